The quantitative estimate of drug-likeness (QED) is 0.712. The Bertz CT molecular complexity index is 510. The second kappa shape index (κ2) is 3.38. The van der Waals surface area contributed by atoms with E-state index in [1.165, 1.54) is 0 Å². The fourth-order valence-electron chi connectivity index (χ4n) is 1.39. The van der Waals surface area contributed by atoms with Crippen LogP contribution >= 0.6 is 0 Å². The Morgan fingerprint density at radius 1 is 1.53 bits per heavy atom. The molecular weight excluding hydrogens is 200 g/mol. The molecule has 0 bridgehead atoms. The van der Waals surface area contributed by atoms with Crippen molar-refractivity contribution in [3.8, 4) is 0 Å². The summed E-state index contributed by atoms with van der Waals surface area (Å²) < 4.78 is 0.959. The molecule has 1 aliphatic carbocycles. The van der Waals surface area contributed by atoms with Gasteiger partial charge in [-0.3, -0.25) is 9.36 Å². The number of rotatable bonds is 3. The standard InChI is InChI=1S/C9H10N2O4/c12-7-6(8(13)14)3-10-9(15)11(7)4-5-1-2-5/h3,5H,1-2,4H2,(H,10,15)(H,13,14). The highest BCUT2D eigenvalue weighted by molar-refractivity contribution is 5.86. The van der Waals surface area contributed by atoms with Crippen molar-refractivity contribution in [3.05, 3.63) is 32.6 Å². The largest absolute Gasteiger partial charge is 0.477 e. The third kappa shape index (κ3) is 1.83. The van der Waals surface area contributed by atoms with Crippen LogP contribution < -0.4 is 11.2 Å². The maximum Gasteiger partial charge on any atom is 0.342 e. The first-order chi connectivity index (χ1) is 7.09. The molecular formula is C9H10N2O4. The van der Waals surface area contributed by atoms with Crippen LogP contribution in [0.5, 0.6) is 0 Å². The van der Waals surface area contributed by atoms with Gasteiger partial charge < -0.3 is 10.1 Å². The number of carboxylic acid groups (broad SMARTS) is 1. The molecule has 0 aromatic carbocycles. The lowest BCUT2D eigenvalue weighted by Gasteiger charge is -2.03. The van der Waals surface area contributed by atoms with E-state index < -0.39 is 22.8 Å². The van der Waals surface area contributed by atoms with Gasteiger partial charge in [-0.2, -0.15) is 0 Å². The van der Waals surface area contributed by atoms with Gasteiger partial charge in [0.15, 0.2) is 0 Å². The summed E-state index contributed by atoms with van der Waals surface area (Å²) in [5.74, 6) is -0.978. The van der Waals surface area contributed by atoms with Gasteiger partial charge in [-0.15, -0.1) is 0 Å². The van der Waals surface area contributed by atoms with Crippen molar-refractivity contribution in [2.75, 3.05) is 0 Å². The monoisotopic (exact) mass is 210 g/mol. The van der Waals surface area contributed by atoms with Gasteiger partial charge in [0.25, 0.3) is 5.56 Å². The minimum atomic E-state index is -1.32. The van der Waals surface area contributed by atoms with E-state index in [9.17, 15) is 14.4 Å². The van der Waals surface area contributed by atoms with Crippen molar-refractivity contribution < 1.29 is 9.90 Å². The van der Waals surface area contributed by atoms with Crippen LogP contribution in [0.25, 0.3) is 0 Å². The van der Waals surface area contributed by atoms with Gasteiger partial charge in [-0.1, -0.05) is 0 Å². The van der Waals surface area contributed by atoms with Crippen LogP contribution in [0.1, 0.15) is 23.2 Å². The molecule has 0 saturated heterocycles. The zero-order valence-electron chi connectivity index (χ0n) is 7.90. The van der Waals surface area contributed by atoms with Crippen molar-refractivity contribution in [2.24, 2.45) is 5.92 Å². The highest BCUT2D eigenvalue weighted by Crippen LogP contribution is 2.29. The molecule has 2 rings (SSSR count). The summed E-state index contributed by atoms with van der Waals surface area (Å²) in [7, 11) is 0. The van der Waals surface area contributed by atoms with Crippen LogP contribution in [0.3, 0.4) is 0 Å². The summed E-state index contributed by atoms with van der Waals surface area (Å²) in [5.41, 5.74) is -1.66. The topological polar surface area (TPSA) is 92.2 Å². The van der Waals surface area contributed by atoms with Crippen LogP contribution in [-0.4, -0.2) is 20.6 Å². The van der Waals surface area contributed by atoms with E-state index in [1.54, 1.807) is 0 Å². The first kappa shape index (κ1) is 9.70. The molecule has 0 aliphatic heterocycles. The minimum Gasteiger partial charge on any atom is -0.477 e. The summed E-state index contributed by atoms with van der Waals surface area (Å²) in [6.07, 6.45) is 2.92. The minimum absolute atomic E-state index is 0.315. The van der Waals surface area contributed by atoms with Crippen LogP contribution in [0, 0.1) is 5.92 Å². The summed E-state index contributed by atoms with van der Waals surface area (Å²) in [6.45, 7) is 0.315. The van der Waals surface area contributed by atoms with E-state index >= 15 is 0 Å². The predicted octanol–water partition coefficient (Wildman–Crippen LogP) is -0.355. The Morgan fingerprint density at radius 2 is 2.20 bits per heavy atom. The van der Waals surface area contributed by atoms with Crippen molar-refractivity contribution >= 4 is 5.97 Å². The normalized spacial score (nSPS) is 15.2. The van der Waals surface area contributed by atoms with E-state index in [1.807, 2.05) is 0 Å². The molecule has 0 atom stereocenters. The molecule has 1 saturated carbocycles. The number of aromatic nitrogens is 2. The number of aromatic amines is 1. The second-order valence-corrected chi connectivity index (χ2v) is 3.67. The molecule has 15 heavy (non-hydrogen) atoms. The van der Waals surface area contributed by atoms with E-state index in [-0.39, 0.29) is 0 Å². The van der Waals surface area contributed by atoms with Crippen molar-refractivity contribution in [1.82, 2.24) is 9.55 Å². The molecule has 1 aliphatic rings. The number of hydrogen-bond donors (Lipinski definition) is 2. The first-order valence-corrected chi connectivity index (χ1v) is 4.65. The molecule has 0 spiro atoms. The summed E-state index contributed by atoms with van der Waals surface area (Å²) >= 11 is 0. The average Bonchev–Trinajstić information content (AvgIpc) is 2.95. The zero-order valence-corrected chi connectivity index (χ0v) is 7.90. The first-order valence-electron chi connectivity index (χ1n) is 4.65. The van der Waals surface area contributed by atoms with E-state index in [0.29, 0.717) is 12.5 Å². The SMILES string of the molecule is O=C(O)c1c[nH]c(=O)n(CC2CC2)c1=O. The third-order valence-corrected chi connectivity index (χ3v) is 2.43. The second-order valence-electron chi connectivity index (χ2n) is 3.67. The van der Waals surface area contributed by atoms with Gasteiger partial charge in [-0.25, -0.2) is 9.59 Å². The average molecular weight is 210 g/mol. The summed E-state index contributed by atoms with van der Waals surface area (Å²) in [6, 6.07) is 0. The van der Waals surface area contributed by atoms with E-state index in [0.717, 1.165) is 23.6 Å². The van der Waals surface area contributed by atoms with Crippen molar-refractivity contribution in [1.29, 1.82) is 0 Å². The Balaban J connectivity index is 2.50. The molecule has 1 aromatic heterocycles. The number of hydrogen-bond acceptors (Lipinski definition) is 3. The van der Waals surface area contributed by atoms with Crippen LogP contribution in [0.2, 0.25) is 0 Å². The molecule has 6 nitrogen and oxygen atoms in total. The number of carbonyl (C=O) groups is 1. The zero-order chi connectivity index (χ0) is 11.0. The molecule has 0 unspecified atom stereocenters. The maximum atomic E-state index is 11.6. The number of H-pyrrole nitrogens is 1. The lowest BCUT2D eigenvalue weighted by Crippen LogP contribution is -2.38. The van der Waals surface area contributed by atoms with Crippen molar-refractivity contribution in [3.63, 3.8) is 0 Å². The predicted molar refractivity (Wildman–Crippen MR) is 51.0 cm³/mol. The number of nitrogens with zero attached hydrogens (tertiary/aromatic N) is 1. The smallest absolute Gasteiger partial charge is 0.342 e. The maximum absolute atomic E-state index is 11.6. The lowest BCUT2D eigenvalue weighted by atomic mass is 10.3. The molecule has 1 fully saturated rings. The Hall–Kier alpha value is -1.85. The Labute approximate surface area is 84.2 Å². The summed E-state index contributed by atoms with van der Waals surface area (Å²) in [5, 5.41) is 8.70. The van der Waals surface area contributed by atoms with Crippen LogP contribution in [-0.2, 0) is 6.54 Å². The molecule has 80 valence electrons. The number of nitrogens with one attached hydrogen (secondary N) is 1. The fraction of sp³-hybridized carbons (Fsp3) is 0.444. The summed E-state index contributed by atoms with van der Waals surface area (Å²) in [4.78, 5) is 35.8. The highest BCUT2D eigenvalue weighted by Gasteiger charge is 2.24. The van der Waals surface area contributed by atoms with Gasteiger partial charge in [0.2, 0.25) is 0 Å². The van der Waals surface area contributed by atoms with E-state index in [2.05, 4.69) is 4.98 Å². The van der Waals surface area contributed by atoms with Gasteiger partial charge in [0.1, 0.15) is 5.56 Å². The molecule has 0 amide bonds. The Kier molecular flexibility index (Phi) is 2.18. The van der Waals surface area contributed by atoms with Crippen molar-refractivity contribution in [2.45, 2.75) is 19.4 Å². The van der Waals surface area contributed by atoms with Gasteiger partial charge in [-0.05, 0) is 18.8 Å². The third-order valence-electron chi connectivity index (χ3n) is 2.43. The Morgan fingerprint density at radius 3 is 2.73 bits per heavy atom. The van der Waals surface area contributed by atoms with Crippen LogP contribution in [0.15, 0.2) is 15.8 Å². The molecule has 6 heteroatoms. The lowest BCUT2D eigenvalue weighted by molar-refractivity contribution is 0.0693. The number of carboxylic acids is 1. The van der Waals surface area contributed by atoms with Gasteiger partial charge in [0.05, 0.1) is 0 Å². The van der Waals surface area contributed by atoms with Gasteiger partial charge in [0, 0.05) is 12.7 Å². The highest BCUT2D eigenvalue weighted by atomic mass is 16.4. The fourth-order valence-corrected chi connectivity index (χ4v) is 1.39. The van der Waals surface area contributed by atoms with E-state index in [4.69, 9.17) is 5.11 Å². The number of aromatic carboxylic acids is 1. The molecule has 1 heterocycles. The van der Waals surface area contributed by atoms with Gasteiger partial charge >= 0.3 is 11.7 Å². The molecule has 0 radical (unpaired) electrons. The molecule has 2 N–H and O–H groups in total. The van der Waals surface area contributed by atoms with Crippen LogP contribution in [0.4, 0.5) is 0 Å². The molecule has 1 aromatic rings.